The van der Waals surface area contributed by atoms with Crippen LogP contribution in [-0.2, 0) is 47.9 Å². The molecule has 458 valence electrons. The number of carbonyl (C=O) groups is 5. The summed E-state index contributed by atoms with van der Waals surface area (Å²) in [6.45, 7) is 24.0. The van der Waals surface area contributed by atoms with Crippen molar-refractivity contribution in [1.29, 1.82) is 0 Å². The van der Waals surface area contributed by atoms with Crippen LogP contribution in [0, 0.1) is 16.0 Å². The van der Waals surface area contributed by atoms with Crippen molar-refractivity contribution < 1.29 is 90.5 Å². The number of nitro groups is 1. The molecule has 0 aromatic heterocycles. The van der Waals surface area contributed by atoms with E-state index in [1.807, 2.05) is 0 Å². The quantitative estimate of drug-likeness (QED) is 0.0480. The third kappa shape index (κ3) is 19.8. The summed E-state index contributed by atoms with van der Waals surface area (Å²) >= 11 is 0. The minimum Gasteiger partial charge on any atom is -0.491 e. The Balaban J connectivity index is 2.00. The number of alkyl carbamates (subject to hydrolysis) is 4. The van der Waals surface area contributed by atoms with Gasteiger partial charge in [-0.2, -0.15) is 4.31 Å². The van der Waals surface area contributed by atoms with Crippen LogP contribution in [-0.4, -0.2) is 190 Å². The lowest BCUT2D eigenvalue weighted by Crippen LogP contribution is -2.70. The molecule has 1 saturated carbocycles. The van der Waals surface area contributed by atoms with Crippen molar-refractivity contribution in [1.82, 2.24) is 30.5 Å². The number of rotatable bonds is 12. The number of guanidine groups is 1. The number of ether oxygens (including phenoxy) is 8. The minimum atomic E-state index is -4.66. The summed E-state index contributed by atoms with van der Waals surface area (Å²) in [7, 11) is -2.24. The van der Waals surface area contributed by atoms with E-state index in [1.165, 1.54) is 32.2 Å². The van der Waals surface area contributed by atoms with Gasteiger partial charge in [-0.05, 0) is 136 Å². The largest absolute Gasteiger partial charge is 0.491 e. The van der Waals surface area contributed by atoms with Crippen LogP contribution < -0.4 is 21.3 Å². The molecule has 11 atom stereocenters. The molecule has 2 fully saturated rings. The van der Waals surface area contributed by atoms with Crippen molar-refractivity contribution in [2.24, 2.45) is 10.9 Å². The van der Waals surface area contributed by atoms with E-state index in [-0.39, 0.29) is 18.6 Å². The Bertz CT molecular complexity index is 2580. The molecule has 28 nitrogen and oxygen atoms in total. The molecule has 1 aromatic carbocycles. The number of nitro benzene ring substituents is 1. The number of aliphatic imine (C=N–C) groups is 1. The maximum absolute atomic E-state index is 14.1. The van der Waals surface area contributed by atoms with Crippen molar-refractivity contribution in [2.45, 2.75) is 217 Å². The van der Waals surface area contributed by atoms with E-state index in [0.29, 0.717) is 0 Å². The standard InChI is InChI=1S/C52H84N8O20S/c1-47(2,3)76-42(63)54-30-25-31(55-43(64)77-48(4,5)6)38(75-40-36(62)39(52(16,68)27-73-40)59(18)46(67)80-51(13,14)15)35(61)34(30)37-29(53-41(56-44(65)78-49(7,8)9)57-45(66)79-50(10,11)12)24-23-28(74-37)26-58(17)81(71,72)33-22-20-19-21-32(33)60(69)70/h19-23,29-31,34-40,61-62,68H,24-27H2,1-18H3,(H,54,63)(H,55,64)(H2,53,56,57,65,66)/t29-,30+,31-,34-,35+,36-,37?,38+,39-,40-,52+/m1/s1. The zero-order chi connectivity index (χ0) is 61.8. The summed E-state index contributed by atoms with van der Waals surface area (Å²) in [5, 5.41) is 59.2. The fraction of sp³-hybridized carbons (Fsp3) is 0.731. The summed E-state index contributed by atoms with van der Waals surface area (Å²) in [6, 6.07) is -0.915. The number of aliphatic hydroxyl groups is 3. The van der Waals surface area contributed by atoms with Crippen molar-refractivity contribution in [3.05, 3.63) is 46.2 Å². The van der Waals surface area contributed by atoms with E-state index < -0.39 is 170 Å². The second kappa shape index (κ2) is 25.6. The molecular formula is C52H84N8O20S. The number of hydrogen-bond acceptors (Lipinski definition) is 21. The second-order valence-electron chi connectivity index (χ2n) is 25.2. The number of likely N-dealkylation sites (N-methyl/N-ethyl adjacent to an activating group) is 2. The Kier molecular flexibility index (Phi) is 21.3. The van der Waals surface area contributed by atoms with Gasteiger partial charge in [0.2, 0.25) is 16.0 Å². The highest BCUT2D eigenvalue weighted by atomic mass is 32.2. The van der Waals surface area contributed by atoms with Gasteiger partial charge in [0.05, 0.1) is 42.3 Å². The van der Waals surface area contributed by atoms with Gasteiger partial charge in [-0.1, -0.05) is 12.1 Å². The van der Waals surface area contributed by atoms with E-state index in [2.05, 4.69) is 21.3 Å². The summed E-state index contributed by atoms with van der Waals surface area (Å²) in [4.78, 5) is 84.3. The fourth-order valence-electron chi connectivity index (χ4n) is 9.00. The highest BCUT2D eigenvalue weighted by molar-refractivity contribution is 7.89. The van der Waals surface area contributed by atoms with Gasteiger partial charge in [0.25, 0.3) is 5.69 Å². The van der Waals surface area contributed by atoms with Crippen LogP contribution in [0.3, 0.4) is 0 Å². The van der Waals surface area contributed by atoms with Crippen LogP contribution in [0.25, 0.3) is 0 Å². The lowest BCUT2D eigenvalue weighted by atomic mass is 9.72. The average molecular weight is 1170 g/mol. The maximum atomic E-state index is 14.1. The van der Waals surface area contributed by atoms with Gasteiger partial charge < -0.3 is 68.7 Å². The SMILES string of the molecule is CN(C(=O)OC(C)(C)C)[C@@H]1[C@@H](O)[C@@H](O[C@@H]2[C@@H](O)[C@H](C3OC(CN(C)S(=O)(=O)c4ccccc4[N+](=O)[O-])=CC[C@H]3N=C(NC(=O)OC(C)(C)C)NC(=O)OC(C)(C)C)[C@@H](NC(=O)OC(C)(C)C)C[C@H]2NC(=O)OC(C)(C)C)OC[C@]1(C)O. The van der Waals surface area contributed by atoms with Gasteiger partial charge in [0.15, 0.2) is 11.2 Å². The van der Waals surface area contributed by atoms with E-state index in [1.54, 1.807) is 104 Å². The van der Waals surface area contributed by atoms with E-state index in [4.69, 9.17) is 42.9 Å². The predicted molar refractivity (Wildman–Crippen MR) is 290 cm³/mol. The second-order valence-corrected chi connectivity index (χ2v) is 27.3. The van der Waals surface area contributed by atoms with Crippen molar-refractivity contribution >= 4 is 52.1 Å². The van der Waals surface area contributed by atoms with Crippen LogP contribution in [0.1, 0.15) is 124 Å². The van der Waals surface area contributed by atoms with Crippen LogP contribution >= 0.6 is 0 Å². The first-order chi connectivity index (χ1) is 36.8. The molecule has 4 rings (SSSR count). The van der Waals surface area contributed by atoms with Gasteiger partial charge in [0, 0.05) is 32.1 Å². The highest BCUT2D eigenvalue weighted by Gasteiger charge is 2.57. The Morgan fingerprint density at radius 1 is 0.765 bits per heavy atom. The third-order valence-corrected chi connectivity index (χ3v) is 13.8. The summed E-state index contributed by atoms with van der Waals surface area (Å²) < 4.78 is 76.0. The number of amides is 5. The normalized spacial score (nSPS) is 26.5. The lowest BCUT2D eigenvalue weighted by molar-refractivity contribution is -0.387. The minimum absolute atomic E-state index is 0.117. The monoisotopic (exact) mass is 1170 g/mol. The molecular weight excluding hydrogens is 1090 g/mol. The molecule has 1 aromatic rings. The molecule has 2 heterocycles. The Labute approximate surface area is 473 Å². The number of carbonyl (C=O) groups excluding carboxylic acids is 5. The molecule has 1 aliphatic carbocycles. The van der Waals surface area contributed by atoms with Gasteiger partial charge >= 0.3 is 30.5 Å². The van der Waals surface area contributed by atoms with Crippen molar-refractivity contribution in [2.75, 3.05) is 27.2 Å². The van der Waals surface area contributed by atoms with Crippen molar-refractivity contribution in [3.8, 4) is 0 Å². The molecule has 29 heteroatoms. The van der Waals surface area contributed by atoms with Gasteiger partial charge in [0.1, 0.15) is 57.7 Å². The Hall–Kier alpha value is -6.11. The first kappa shape index (κ1) is 67.4. The summed E-state index contributed by atoms with van der Waals surface area (Å²) in [5.41, 5.74) is -7.96. The van der Waals surface area contributed by atoms with Crippen LogP contribution in [0.4, 0.5) is 29.7 Å². The van der Waals surface area contributed by atoms with E-state index in [0.717, 1.165) is 28.4 Å². The fourth-order valence-corrected chi connectivity index (χ4v) is 10.3. The van der Waals surface area contributed by atoms with Crippen LogP contribution in [0.5, 0.6) is 0 Å². The highest BCUT2D eigenvalue weighted by Crippen LogP contribution is 2.40. The molecule has 1 saturated heterocycles. The first-order valence-electron chi connectivity index (χ1n) is 26.2. The predicted octanol–water partition coefficient (Wildman–Crippen LogP) is 4.92. The van der Waals surface area contributed by atoms with Gasteiger partial charge in [-0.3, -0.25) is 20.7 Å². The smallest absolute Gasteiger partial charge is 0.414 e. The number of aliphatic hydroxyl groups excluding tert-OH is 2. The lowest BCUT2D eigenvalue weighted by Gasteiger charge is -2.52. The molecule has 0 bridgehead atoms. The molecule has 0 radical (unpaired) electrons. The maximum Gasteiger partial charge on any atom is 0.414 e. The number of sulfonamides is 1. The molecule has 2 aliphatic heterocycles. The molecule has 3 aliphatic rings. The van der Waals surface area contributed by atoms with Gasteiger partial charge in [-0.25, -0.2) is 37.4 Å². The van der Waals surface area contributed by atoms with E-state index >= 15 is 0 Å². The zero-order valence-corrected chi connectivity index (χ0v) is 50.3. The molecule has 81 heavy (non-hydrogen) atoms. The molecule has 5 amide bonds. The third-order valence-electron chi connectivity index (χ3n) is 12.0. The molecule has 1 unspecified atom stereocenters. The topological polar surface area (TPSA) is 364 Å². The molecule has 7 N–H and O–H groups in total. The number of para-hydroxylation sites is 1. The molecule has 0 spiro atoms. The number of nitrogens with one attached hydrogen (secondary N) is 4. The summed E-state index contributed by atoms with van der Waals surface area (Å²) in [5.74, 6) is -2.22. The van der Waals surface area contributed by atoms with E-state index in [9.17, 15) is 57.8 Å². The van der Waals surface area contributed by atoms with Crippen molar-refractivity contribution in [3.63, 3.8) is 0 Å². The Morgan fingerprint density at radius 3 is 1.74 bits per heavy atom. The number of hydrogen-bond donors (Lipinski definition) is 7. The van der Waals surface area contributed by atoms with Gasteiger partial charge in [-0.15, -0.1) is 0 Å². The summed E-state index contributed by atoms with van der Waals surface area (Å²) in [6.07, 6.45) is -13.4. The van der Waals surface area contributed by atoms with Crippen LogP contribution in [0.15, 0.2) is 46.0 Å². The Morgan fingerprint density at radius 2 is 1.25 bits per heavy atom. The average Bonchev–Trinajstić information content (AvgIpc) is 3.25. The number of nitrogens with zero attached hydrogens (tertiary/aromatic N) is 4. The van der Waals surface area contributed by atoms with Crippen LogP contribution in [0.2, 0.25) is 0 Å². The first-order valence-corrected chi connectivity index (χ1v) is 27.6. The number of benzene rings is 1. The zero-order valence-electron chi connectivity index (χ0n) is 49.5.